The summed E-state index contributed by atoms with van der Waals surface area (Å²) in [5.74, 6) is 0.172. The van der Waals surface area contributed by atoms with E-state index < -0.39 is 0 Å². The van der Waals surface area contributed by atoms with Crippen molar-refractivity contribution in [3.05, 3.63) is 49.3 Å². The summed E-state index contributed by atoms with van der Waals surface area (Å²) < 4.78 is 1.88. The molecule has 2 heterocycles. The minimum absolute atomic E-state index is 0.103. The normalized spacial score (nSPS) is 11.2. The molecule has 3 rings (SSSR count). The third-order valence-corrected chi connectivity index (χ3v) is 5.17. The first-order valence-electron chi connectivity index (χ1n) is 7.01. The molecule has 3 aromatic rings. The Balaban J connectivity index is 2.45. The molecule has 1 aromatic carbocycles. The van der Waals surface area contributed by atoms with Crippen LogP contribution in [0, 0.1) is 18.6 Å². The Bertz CT molecular complexity index is 996. The van der Waals surface area contributed by atoms with Gasteiger partial charge in [-0.25, -0.2) is 0 Å². The maximum atomic E-state index is 13.0. The molecule has 114 valence electrons. The molecule has 0 saturated heterocycles. The first kappa shape index (κ1) is 15.0. The average Bonchev–Trinajstić information content (AvgIpc) is 2.76. The van der Waals surface area contributed by atoms with Crippen LogP contribution >= 0.6 is 23.6 Å². The molecule has 0 spiro atoms. The van der Waals surface area contributed by atoms with Crippen LogP contribution in [-0.4, -0.2) is 14.7 Å². The Morgan fingerprint density at radius 2 is 2.09 bits per heavy atom. The Morgan fingerprint density at radius 1 is 1.36 bits per heavy atom. The van der Waals surface area contributed by atoms with E-state index in [1.165, 1.54) is 4.57 Å². The molecule has 0 saturated carbocycles. The maximum Gasteiger partial charge on any atom is 0.267 e. The van der Waals surface area contributed by atoms with Crippen LogP contribution in [0.4, 0.5) is 0 Å². The molecular formula is C16H16N2O2S2. The molecule has 0 radical (unpaired) electrons. The van der Waals surface area contributed by atoms with Crippen molar-refractivity contribution < 1.29 is 5.11 Å². The summed E-state index contributed by atoms with van der Waals surface area (Å²) in [6.07, 6.45) is 0.806. The number of aromatic nitrogens is 2. The smallest absolute Gasteiger partial charge is 0.267 e. The van der Waals surface area contributed by atoms with Crippen molar-refractivity contribution >= 4 is 33.8 Å². The molecule has 0 bridgehead atoms. The number of phenolic OH excluding ortho intramolecular Hbond substituents is 1. The van der Waals surface area contributed by atoms with Crippen LogP contribution in [0.2, 0.25) is 0 Å². The van der Waals surface area contributed by atoms with E-state index in [9.17, 15) is 9.90 Å². The van der Waals surface area contributed by atoms with Gasteiger partial charge in [0.05, 0.1) is 11.1 Å². The number of thiophene rings is 1. The van der Waals surface area contributed by atoms with Gasteiger partial charge in [-0.2, -0.15) is 0 Å². The van der Waals surface area contributed by atoms with Crippen LogP contribution in [0.3, 0.4) is 0 Å². The molecule has 6 heteroatoms. The van der Waals surface area contributed by atoms with Crippen LogP contribution in [0.25, 0.3) is 15.9 Å². The number of aromatic amines is 1. The zero-order valence-corrected chi connectivity index (χ0v) is 14.2. The molecule has 2 aromatic heterocycles. The number of aromatic hydroxyl groups is 1. The van der Waals surface area contributed by atoms with Crippen molar-refractivity contribution in [3.8, 4) is 11.4 Å². The van der Waals surface area contributed by atoms with Gasteiger partial charge in [-0.3, -0.25) is 9.36 Å². The average molecular weight is 332 g/mol. The number of nitrogens with zero attached hydrogens (tertiary/aromatic N) is 1. The van der Waals surface area contributed by atoms with Crippen molar-refractivity contribution in [1.29, 1.82) is 0 Å². The highest BCUT2D eigenvalue weighted by Crippen LogP contribution is 2.28. The standard InChI is InChI=1S/C16H16N2O2S2/c1-4-11-9(3)22-14-13(11)15(20)18(16(21)17-14)12-6-5-10(19)7-8(12)2/h5-7,19H,4H2,1-3H3,(H,17,21). The zero-order valence-electron chi connectivity index (χ0n) is 12.6. The number of hydrogen-bond acceptors (Lipinski definition) is 4. The van der Waals surface area contributed by atoms with Gasteiger partial charge in [0.25, 0.3) is 5.56 Å². The summed E-state index contributed by atoms with van der Waals surface area (Å²) in [7, 11) is 0. The monoisotopic (exact) mass is 332 g/mol. The van der Waals surface area contributed by atoms with E-state index in [4.69, 9.17) is 12.2 Å². The number of rotatable bonds is 2. The summed E-state index contributed by atoms with van der Waals surface area (Å²) in [4.78, 5) is 18.1. The third kappa shape index (κ3) is 2.19. The first-order valence-corrected chi connectivity index (χ1v) is 8.23. The largest absolute Gasteiger partial charge is 0.508 e. The Hall–Kier alpha value is -1.92. The minimum atomic E-state index is -0.103. The summed E-state index contributed by atoms with van der Waals surface area (Å²) in [5.41, 5.74) is 2.46. The molecule has 2 N–H and O–H groups in total. The number of phenols is 1. The van der Waals surface area contributed by atoms with Gasteiger partial charge >= 0.3 is 0 Å². The molecule has 0 unspecified atom stereocenters. The maximum absolute atomic E-state index is 13.0. The third-order valence-electron chi connectivity index (χ3n) is 3.82. The Morgan fingerprint density at radius 3 is 2.73 bits per heavy atom. The molecule has 0 amide bonds. The number of aryl methyl sites for hydroxylation is 3. The van der Waals surface area contributed by atoms with Gasteiger partial charge in [0.15, 0.2) is 4.77 Å². The van der Waals surface area contributed by atoms with Crippen molar-refractivity contribution in [1.82, 2.24) is 9.55 Å². The predicted octanol–water partition coefficient (Wildman–Crippen LogP) is 3.99. The van der Waals surface area contributed by atoms with E-state index in [1.54, 1.807) is 29.5 Å². The lowest BCUT2D eigenvalue weighted by molar-refractivity contribution is 0.474. The number of nitrogens with one attached hydrogen (secondary N) is 1. The zero-order chi connectivity index (χ0) is 16.0. The quantitative estimate of drug-likeness (QED) is 0.698. The highest BCUT2D eigenvalue weighted by Gasteiger charge is 2.16. The van der Waals surface area contributed by atoms with Crippen LogP contribution in [0.5, 0.6) is 5.75 Å². The highest BCUT2D eigenvalue weighted by molar-refractivity contribution is 7.71. The fraction of sp³-hybridized carbons (Fsp3) is 0.250. The number of hydrogen-bond donors (Lipinski definition) is 2. The molecule has 4 nitrogen and oxygen atoms in total. The second-order valence-corrected chi connectivity index (χ2v) is 6.85. The number of benzene rings is 1. The van der Waals surface area contributed by atoms with Crippen molar-refractivity contribution in [2.24, 2.45) is 0 Å². The van der Waals surface area contributed by atoms with Gasteiger partial charge in [-0.1, -0.05) is 6.92 Å². The van der Waals surface area contributed by atoms with E-state index in [2.05, 4.69) is 4.98 Å². The van der Waals surface area contributed by atoms with Crippen molar-refractivity contribution in [3.63, 3.8) is 0 Å². The summed E-state index contributed by atoms with van der Waals surface area (Å²) in [6.45, 7) is 5.92. The van der Waals surface area contributed by atoms with Gasteiger partial charge in [0, 0.05) is 4.88 Å². The van der Waals surface area contributed by atoms with Crippen LogP contribution < -0.4 is 5.56 Å². The highest BCUT2D eigenvalue weighted by atomic mass is 32.1. The molecule has 0 atom stereocenters. The van der Waals surface area contributed by atoms with E-state index in [0.717, 1.165) is 27.3 Å². The van der Waals surface area contributed by atoms with E-state index in [-0.39, 0.29) is 11.3 Å². The van der Waals surface area contributed by atoms with Gasteiger partial charge in [-0.05, 0) is 61.8 Å². The predicted molar refractivity (Wildman–Crippen MR) is 93.1 cm³/mol. The van der Waals surface area contributed by atoms with Crippen LogP contribution in [0.15, 0.2) is 23.0 Å². The van der Waals surface area contributed by atoms with Gasteiger partial charge in [0.2, 0.25) is 0 Å². The van der Waals surface area contributed by atoms with Crippen molar-refractivity contribution in [2.75, 3.05) is 0 Å². The summed E-state index contributed by atoms with van der Waals surface area (Å²) in [5, 5.41) is 10.3. The molecule has 0 fully saturated rings. The lowest BCUT2D eigenvalue weighted by atomic mass is 10.1. The second kappa shape index (κ2) is 5.37. The number of fused-ring (bicyclic) bond motifs is 1. The van der Waals surface area contributed by atoms with Crippen LogP contribution in [0.1, 0.15) is 22.9 Å². The summed E-state index contributed by atoms with van der Waals surface area (Å²) >= 11 is 6.95. The molecule has 0 aliphatic heterocycles. The number of H-pyrrole nitrogens is 1. The van der Waals surface area contributed by atoms with Gasteiger partial charge in [-0.15, -0.1) is 11.3 Å². The Kier molecular flexibility index (Phi) is 3.66. The van der Waals surface area contributed by atoms with Gasteiger partial charge in [0.1, 0.15) is 10.6 Å². The second-order valence-electron chi connectivity index (χ2n) is 5.24. The fourth-order valence-corrected chi connectivity index (χ4v) is 4.27. The minimum Gasteiger partial charge on any atom is -0.508 e. The molecule has 22 heavy (non-hydrogen) atoms. The molecular weight excluding hydrogens is 316 g/mol. The van der Waals surface area contributed by atoms with Crippen molar-refractivity contribution in [2.45, 2.75) is 27.2 Å². The van der Waals surface area contributed by atoms with Crippen LogP contribution in [-0.2, 0) is 6.42 Å². The van der Waals surface area contributed by atoms with E-state index >= 15 is 0 Å². The van der Waals surface area contributed by atoms with E-state index in [0.29, 0.717) is 15.8 Å². The van der Waals surface area contributed by atoms with Gasteiger partial charge < -0.3 is 10.1 Å². The summed E-state index contributed by atoms with van der Waals surface area (Å²) in [6, 6.07) is 4.90. The SMILES string of the molecule is CCc1c(C)sc2[nH]c(=S)n(-c3ccc(O)cc3C)c(=O)c12. The molecule has 0 aliphatic carbocycles. The fourth-order valence-electron chi connectivity index (χ4n) is 2.79. The topological polar surface area (TPSA) is 58.0 Å². The lowest BCUT2D eigenvalue weighted by Crippen LogP contribution is -2.21. The first-order chi connectivity index (χ1) is 10.4. The Labute approximate surface area is 136 Å². The molecule has 0 aliphatic rings. The lowest BCUT2D eigenvalue weighted by Gasteiger charge is -2.10. The van der Waals surface area contributed by atoms with E-state index in [1.807, 2.05) is 20.8 Å².